The fourth-order valence-corrected chi connectivity index (χ4v) is 2.17. The van der Waals surface area contributed by atoms with Gasteiger partial charge in [-0.1, -0.05) is 17.6 Å². The van der Waals surface area contributed by atoms with E-state index in [9.17, 15) is 5.11 Å². The van der Waals surface area contributed by atoms with Crippen molar-refractivity contribution in [2.75, 3.05) is 31.1 Å². The number of hydrogen-bond donors (Lipinski definition) is 2. The molecule has 4 nitrogen and oxygen atoms in total. The summed E-state index contributed by atoms with van der Waals surface area (Å²) in [5.74, 6) is 0. The van der Waals surface area contributed by atoms with Crippen LogP contribution in [-0.2, 0) is 4.65 Å². The van der Waals surface area contributed by atoms with Crippen LogP contribution in [0.15, 0.2) is 24.3 Å². The summed E-state index contributed by atoms with van der Waals surface area (Å²) in [6, 6.07) is 8.53. The van der Waals surface area contributed by atoms with Crippen LogP contribution in [0.2, 0.25) is 0 Å². The van der Waals surface area contributed by atoms with E-state index in [2.05, 4.69) is 34.5 Å². The van der Waals surface area contributed by atoms with E-state index >= 15 is 0 Å². The van der Waals surface area contributed by atoms with Crippen LogP contribution in [0.3, 0.4) is 0 Å². The first-order valence-electron chi connectivity index (χ1n) is 7.70. The lowest BCUT2D eigenvalue weighted by molar-refractivity contribution is -0.0893. The minimum absolute atomic E-state index is 0.513. The van der Waals surface area contributed by atoms with Crippen LogP contribution in [0.1, 0.15) is 27.7 Å². The van der Waals surface area contributed by atoms with Gasteiger partial charge in [0, 0.05) is 31.9 Å². The van der Waals surface area contributed by atoms with Crippen LogP contribution in [-0.4, -0.2) is 50.0 Å². The predicted molar refractivity (Wildman–Crippen MR) is 89.8 cm³/mol. The standard InChI is InChI=1S/C16H27BN2O2/c1-15(2,20)16(3,4)21-17-13-5-7-14(8-6-13)19-11-9-18-10-12-19/h5-8,17-18,20H,9-12H2,1-4H3. The molecule has 1 aliphatic rings. The third-order valence-electron chi connectivity index (χ3n) is 4.49. The maximum absolute atomic E-state index is 10.1. The molecule has 1 aromatic rings. The zero-order valence-electron chi connectivity index (χ0n) is 13.6. The fourth-order valence-electron chi connectivity index (χ4n) is 2.17. The van der Waals surface area contributed by atoms with Gasteiger partial charge in [0.1, 0.15) is 0 Å². The van der Waals surface area contributed by atoms with Crippen molar-refractivity contribution in [3.05, 3.63) is 24.3 Å². The van der Waals surface area contributed by atoms with Crippen molar-refractivity contribution in [1.82, 2.24) is 5.32 Å². The van der Waals surface area contributed by atoms with Crippen molar-refractivity contribution < 1.29 is 9.76 Å². The fraction of sp³-hybridized carbons (Fsp3) is 0.625. The van der Waals surface area contributed by atoms with Gasteiger partial charge in [-0.25, -0.2) is 0 Å². The van der Waals surface area contributed by atoms with Gasteiger partial charge in [-0.3, -0.25) is 0 Å². The van der Waals surface area contributed by atoms with E-state index in [0.29, 0.717) is 7.48 Å². The molecule has 0 spiro atoms. The van der Waals surface area contributed by atoms with E-state index in [4.69, 9.17) is 4.65 Å². The number of nitrogens with zero attached hydrogens (tertiary/aromatic N) is 1. The second kappa shape index (κ2) is 6.38. The normalized spacial score (nSPS) is 16.9. The highest BCUT2D eigenvalue weighted by atomic mass is 16.5. The molecule has 0 atom stereocenters. The molecule has 0 unspecified atom stereocenters. The first kappa shape index (κ1) is 16.3. The molecular formula is C16H27BN2O2. The van der Waals surface area contributed by atoms with Gasteiger partial charge in [-0.05, 0) is 39.8 Å². The molecule has 0 amide bonds. The molecule has 1 aromatic carbocycles. The predicted octanol–water partition coefficient (Wildman–Crippen LogP) is 0.639. The van der Waals surface area contributed by atoms with E-state index in [0.717, 1.165) is 31.6 Å². The largest absolute Gasteiger partial charge is 0.427 e. The number of hydrogen-bond acceptors (Lipinski definition) is 4. The zero-order chi connectivity index (χ0) is 15.5. The van der Waals surface area contributed by atoms with Crippen LogP contribution in [0.4, 0.5) is 5.69 Å². The Hall–Kier alpha value is -1.04. The van der Waals surface area contributed by atoms with Gasteiger partial charge in [0.05, 0.1) is 11.2 Å². The molecule has 1 heterocycles. The van der Waals surface area contributed by atoms with Gasteiger partial charge in [-0.2, -0.15) is 0 Å². The lowest BCUT2D eigenvalue weighted by atomic mass is 9.82. The Labute approximate surface area is 128 Å². The van der Waals surface area contributed by atoms with Gasteiger partial charge in [0.15, 0.2) is 0 Å². The molecule has 0 aliphatic carbocycles. The average Bonchev–Trinajstić information content (AvgIpc) is 2.45. The summed E-state index contributed by atoms with van der Waals surface area (Å²) in [6.45, 7) is 11.6. The number of benzene rings is 1. The molecule has 0 aromatic heterocycles. The summed E-state index contributed by atoms with van der Waals surface area (Å²) >= 11 is 0. The van der Waals surface area contributed by atoms with Crippen molar-refractivity contribution in [3.63, 3.8) is 0 Å². The molecule has 5 heteroatoms. The van der Waals surface area contributed by atoms with Crippen LogP contribution in [0, 0.1) is 0 Å². The van der Waals surface area contributed by atoms with Crippen LogP contribution in [0.25, 0.3) is 0 Å². The van der Waals surface area contributed by atoms with Crippen molar-refractivity contribution >= 4 is 18.6 Å². The highest BCUT2D eigenvalue weighted by Gasteiger charge is 2.35. The molecule has 0 saturated carbocycles. The maximum Gasteiger partial charge on any atom is 0.309 e. The van der Waals surface area contributed by atoms with E-state index in [1.807, 2.05) is 13.8 Å². The van der Waals surface area contributed by atoms with Crippen molar-refractivity contribution in [2.45, 2.75) is 38.9 Å². The summed E-state index contributed by atoms with van der Waals surface area (Å²) in [4.78, 5) is 2.39. The van der Waals surface area contributed by atoms with E-state index < -0.39 is 11.2 Å². The highest BCUT2D eigenvalue weighted by Crippen LogP contribution is 2.24. The summed E-state index contributed by atoms with van der Waals surface area (Å²) in [7, 11) is 0.513. The Morgan fingerprint density at radius 2 is 1.67 bits per heavy atom. The van der Waals surface area contributed by atoms with Gasteiger partial charge < -0.3 is 20.0 Å². The lowest BCUT2D eigenvalue weighted by Gasteiger charge is -2.37. The summed E-state index contributed by atoms with van der Waals surface area (Å²) < 4.78 is 5.89. The smallest absolute Gasteiger partial charge is 0.309 e. The molecule has 2 N–H and O–H groups in total. The Morgan fingerprint density at radius 1 is 1.10 bits per heavy atom. The summed E-state index contributed by atoms with van der Waals surface area (Å²) in [6.07, 6.45) is 0. The molecular weight excluding hydrogens is 263 g/mol. The number of piperazine rings is 1. The lowest BCUT2D eigenvalue weighted by Crippen LogP contribution is -2.49. The molecule has 1 aliphatic heterocycles. The topological polar surface area (TPSA) is 44.7 Å². The summed E-state index contributed by atoms with van der Waals surface area (Å²) in [5.41, 5.74) is 0.950. The Morgan fingerprint density at radius 3 is 2.19 bits per heavy atom. The van der Waals surface area contributed by atoms with E-state index in [1.54, 1.807) is 13.8 Å². The molecule has 1 saturated heterocycles. The van der Waals surface area contributed by atoms with Crippen molar-refractivity contribution in [2.24, 2.45) is 0 Å². The number of rotatable bonds is 5. The molecule has 0 radical (unpaired) electrons. The van der Waals surface area contributed by atoms with Crippen LogP contribution >= 0.6 is 0 Å². The minimum atomic E-state index is -0.867. The second-order valence-electron chi connectivity index (χ2n) is 6.76. The third kappa shape index (κ3) is 4.22. The molecule has 1 fully saturated rings. The van der Waals surface area contributed by atoms with Gasteiger partial charge in [0.2, 0.25) is 0 Å². The van der Waals surface area contributed by atoms with E-state index in [-0.39, 0.29) is 0 Å². The highest BCUT2D eigenvalue weighted by molar-refractivity contribution is 6.47. The van der Waals surface area contributed by atoms with Crippen LogP contribution in [0.5, 0.6) is 0 Å². The first-order valence-corrected chi connectivity index (χ1v) is 7.70. The third-order valence-corrected chi connectivity index (χ3v) is 4.49. The SMILES string of the molecule is CC(C)(O)C(C)(C)OBc1ccc(N2CCNCC2)cc1. The van der Waals surface area contributed by atoms with Crippen LogP contribution < -0.4 is 15.7 Å². The first-order chi connectivity index (χ1) is 9.79. The van der Waals surface area contributed by atoms with Gasteiger partial charge in [-0.15, -0.1) is 0 Å². The van der Waals surface area contributed by atoms with Gasteiger partial charge >= 0.3 is 7.48 Å². The minimum Gasteiger partial charge on any atom is -0.427 e. The second-order valence-corrected chi connectivity index (χ2v) is 6.76. The molecule has 0 bridgehead atoms. The zero-order valence-corrected chi connectivity index (χ0v) is 13.6. The molecule has 21 heavy (non-hydrogen) atoms. The Bertz CT molecular complexity index is 448. The quantitative estimate of drug-likeness (QED) is 0.781. The van der Waals surface area contributed by atoms with Gasteiger partial charge in [0.25, 0.3) is 0 Å². The maximum atomic E-state index is 10.1. The monoisotopic (exact) mass is 290 g/mol. The molecule has 2 rings (SSSR count). The van der Waals surface area contributed by atoms with E-state index in [1.165, 1.54) is 5.69 Å². The Kier molecular flexibility index (Phi) is 4.97. The molecule has 116 valence electrons. The number of anilines is 1. The number of nitrogens with one attached hydrogen (secondary N) is 1. The average molecular weight is 290 g/mol. The summed E-state index contributed by atoms with van der Waals surface area (Å²) in [5, 5.41) is 13.5. The van der Waals surface area contributed by atoms with Crippen molar-refractivity contribution in [3.8, 4) is 0 Å². The number of aliphatic hydroxyl groups is 1. The van der Waals surface area contributed by atoms with Crippen molar-refractivity contribution in [1.29, 1.82) is 0 Å². The Balaban J connectivity index is 1.93.